The molecular formula is C26H29ClN6O4. The molecule has 1 heterocycles. The molecule has 0 atom stereocenters. The second-order valence-electron chi connectivity index (χ2n) is 8.00. The molecule has 1 aromatic heterocycles. The summed E-state index contributed by atoms with van der Waals surface area (Å²) >= 11 is 5.87. The van der Waals surface area contributed by atoms with E-state index in [4.69, 9.17) is 32.2 Å². The van der Waals surface area contributed by atoms with Crippen molar-refractivity contribution in [3.8, 4) is 11.5 Å². The summed E-state index contributed by atoms with van der Waals surface area (Å²) in [7, 11) is 3.23. The first-order valence-electron chi connectivity index (χ1n) is 11.4. The maximum atomic E-state index is 13.3. The molecule has 0 aliphatic heterocycles. The summed E-state index contributed by atoms with van der Waals surface area (Å²) in [5.74, 6) is 0.420. The number of hydrogen-bond donors (Lipinski definition) is 4. The highest BCUT2D eigenvalue weighted by Crippen LogP contribution is 2.29. The maximum Gasteiger partial charge on any atom is 0.259 e. The average Bonchev–Trinajstić information content (AvgIpc) is 2.89. The quantitative estimate of drug-likeness (QED) is 0.175. The minimum atomic E-state index is -0.498. The smallest absolute Gasteiger partial charge is 0.259 e. The Labute approximate surface area is 220 Å². The lowest BCUT2D eigenvalue weighted by molar-refractivity contribution is 0.102. The topological polar surface area (TPSA) is 143 Å². The van der Waals surface area contributed by atoms with Crippen LogP contribution in [-0.2, 0) is 0 Å². The molecule has 0 fully saturated rings. The van der Waals surface area contributed by atoms with Crippen molar-refractivity contribution in [3.63, 3.8) is 0 Å². The van der Waals surface area contributed by atoms with Gasteiger partial charge in [-0.05, 0) is 62.4 Å². The van der Waals surface area contributed by atoms with E-state index >= 15 is 0 Å². The number of ether oxygens (including phenoxy) is 2. The fourth-order valence-corrected chi connectivity index (χ4v) is 3.37. The number of amides is 2. The van der Waals surface area contributed by atoms with Crippen LogP contribution in [0.4, 0.5) is 17.2 Å². The number of nitrogens with two attached hydrogens (primary N) is 1. The number of hydrogen-bond acceptors (Lipinski definition) is 7. The van der Waals surface area contributed by atoms with E-state index in [1.54, 1.807) is 61.3 Å². The van der Waals surface area contributed by atoms with E-state index in [0.29, 0.717) is 53.4 Å². The second-order valence-corrected chi connectivity index (χ2v) is 8.43. The zero-order chi connectivity index (χ0) is 26.9. The van der Waals surface area contributed by atoms with E-state index < -0.39 is 11.8 Å². The van der Waals surface area contributed by atoms with Gasteiger partial charge in [-0.1, -0.05) is 11.6 Å². The zero-order valence-electron chi connectivity index (χ0n) is 20.8. The number of anilines is 3. The molecule has 10 nitrogen and oxygen atoms in total. The molecule has 0 aliphatic rings. The summed E-state index contributed by atoms with van der Waals surface area (Å²) in [5.41, 5.74) is 6.97. The molecule has 2 aromatic carbocycles. The van der Waals surface area contributed by atoms with Crippen LogP contribution in [0.1, 0.15) is 34.1 Å². The molecule has 0 unspecified atom stereocenters. The Morgan fingerprint density at radius 3 is 2.49 bits per heavy atom. The Hall–Kier alpha value is -4.15. The number of nitrogens with zero attached hydrogens (tertiary/aromatic N) is 2. The lowest BCUT2D eigenvalue weighted by Gasteiger charge is -2.20. The van der Waals surface area contributed by atoms with Crippen molar-refractivity contribution in [2.75, 3.05) is 42.8 Å². The highest BCUT2D eigenvalue weighted by Gasteiger charge is 2.20. The van der Waals surface area contributed by atoms with E-state index in [1.165, 1.54) is 19.4 Å². The van der Waals surface area contributed by atoms with Crippen molar-refractivity contribution in [1.82, 2.24) is 4.98 Å². The predicted octanol–water partition coefficient (Wildman–Crippen LogP) is 4.41. The summed E-state index contributed by atoms with van der Waals surface area (Å²) in [6.07, 6.45) is 2.02. The number of methoxy groups -OCH3 is 1. The van der Waals surface area contributed by atoms with Crippen molar-refractivity contribution in [1.29, 1.82) is 5.41 Å². The van der Waals surface area contributed by atoms with Gasteiger partial charge in [-0.3, -0.25) is 15.0 Å². The number of pyridine rings is 1. The van der Waals surface area contributed by atoms with Gasteiger partial charge in [-0.25, -0.2) is 4.98 Å². The van der Waals surface area contributed by atoms with Crippen molar-refractivity contribution in [2.45, 2.75) is 13.3 Å². The average molecular weight is 525 g/mol. The zero-order valence-corrected chi connectivity index (χ0v) is 21.6. The number of amidine groups is 1. The highest BCUT2D eigenvalue weighted by molar-refractivity contribution is 6.30. The Balaban J connectivity index is 1.91. The first-order valence-corrected chi connectivity index (χ1v) is 11.8. The Morgan fingerprint density at radius 1 is 1.08 bits per heavy atom. The van der Waals surface area contributed by atoms with E-state index in [9.17, 15) is 9.59 Å². The summed E-state index contributed by atoms with van der Waals surface area (Å²) in [6.45, 7) is 2.41. The van der Waals surface area contributed by atoms with E-state index in [-0.39, 0.29) is 16.8 Å². The molecule has 0 spiro atoms. The molecular weight excluding hydrogens is 496 g/mol. The van der Waals surface area contributed by atoms with Crippen LogP contribution in [-0.4, -0.2) is 49.9 Å². The van der Waals surface area contributed by atoms with Gasteiger partial charge >= 0.3 is 0 Å². The van der Waals surface area contributed by atoms with Gasteiger partial charge in [0.1, 0.15) is 17.3 Å². The number of halogens is 1. The van der Waals surface area contributed by atoms with Gasteiger partial charge in [0.15, 0.2) is 0 Å². The van der Waals surface area contributed by atoms with Gasteiger partial charge in [0.05, 0.1) is 41.4 Å². The molecule has 0 radical (unpaired) electrons. The van der Waals surface area contributed by atoms with Gasteiger partial charge in [0.2, 0.25) is 0 Å². The fourth-order valence-electron chi connectivity index (χ4n) is 3.26. The van der Waals surface area contributed by atoms with Crippen LogP contribution in [0.3, 0.4) is 0 Å². The Morgan fingerprint density at radius 2 is 1.84 bits per heavy atom. The van der Waals surface area contributed by atoms with Crippen LogP contribution < -0.4 is 30.7 Å². The minimum Gasteiger partial charge on any atom is -0.497 e. The van der Waals surface area contributed by atoms with Crippen LogP contribution in [0.2, 0.25) is 5.02 Å². The minimum absolute atomic E-state index is 0.172. The summed E-state index contributed by atoms with van der Waals surface area (Å²) in [6, 6.07) is 12.9. The van der Waals surface area contributed by atoms with Gasteiger partial charge in [0, 0.05) is 25.0 Å². The van der Waals surface area contributed by atoms with E-state index in [1.807, 2.05) is 0 Å². The molecule has 0 bridgehead atoms. The summed E-state index contributed by atoms with van der Waals surface area (Å²) in [5, 5.41) is 13.8. The number of carbonyl (C=O) groups is 2. The largest absolute Gasteiger partial charge is 0.497 e. The Bertz CT molecular complexity index is 1280. The van der Waals surface area contributed by atoms with Gasteiger partial charge in [-0.2, -0.15) is 0 Å². The molecule has 37 heavy (non-hydrogen) atoms. The first-order chi connectivity index (χ1) is 17.7. The lowest BCUT2D eigenvalue weighted by atomic mass is 10.1. The number of benzene rings is 2. The van der Waals surface area contributed by atoms with E-state index in [2.05, 4.69) is 15.6 Å². The third kappa shape index (κ3) is 7.18. The number of rotatable bonds is 10. The maximum absolute atomic E-state index is 13.3. The van der Waals surface area contributed by atoms with Crippen LogP contribution in [0.15, 0.2) is 54.7 Å². The fraction of sp³-hybridized carbons (Fsp3) is 0.231. The highest BCUT2D eigenvalue weighted by atomic mass is 35.5. The lowest BCUT2D eigenvalue weighted by Crippen LogP contribution is -2.23. The normalized spacial score (nSPS) is 10.4. The summed E-state index contributed by atoms with van der Waals surface area (Å²) in [4.78, 5) is 32.2. The van der Waals surface area contributed by atoms with Crippen LogP contribution in [0, 0.1) is 5.41 Å². The monoisotopic (exact) mass is 524 g/mol. The third-order valence-electron chi connectivity index (χ3n) is 5.39. The van der Waals surface area contributed by atoms with Crippen molar-refractivity contribution in [2.24, 2.45) is 5.73 Å². The SMILES string of the molecule is COc1ccc(NC(=O)c2ccc(N(C)C(C)=N)cc2OCCCN)c(C(=O)Nc2ccc(Cl)cn2)c1. The van der Waals surface area contributed by atoms with Gasteiger partial charge < -0.3 is 30.7 Å². The van der Waals surface area contributed by atoms with Crippen LogP contribution in [0.5, 0.6) is 11.5 Å². The Kier molecular flexibility index (Phi) is 9.42. The van der Waals surface area contributed by atoms with Crippen molar-refractivity contribution < 1.29 is 19.1 Å². The van der Waals surface area contributed by atoms with Crippen LogP contribution in [0.25, 0.3) is 0 Å². The molecule has 0 saturated heterocycles. The van der Waals surface area contributed by atoms with Crippen molar-refractivity contribution >= 4 is 46.4 Å². The summed E-state index contributed by atoms with van der Waals surface area (Å²) < 4.78 is 11.1. The first kappa shape index (κ1) is 27.4. The van der Waals surface area contributed by atoms with Crippen LogP contribution >= 0.6 is 11.6 Å². The molecule has 3 rings (SSSR count). The number of nitrogens with one attached hydrogen (secondary N) is 3. The second kappa shape index (κ2) is 12.7. The number of carbonyl (C=O) groups excluding carboxylic acids is 2. The van der Waals surface area contributed by atoms with E-state index in [0.717, 1.165) is 0 Å². The molecule has 0 aliphatic carbocycles. The molecule has 0 saturated carbocycles. The molecule has 11 heteroatoms. The molecule has 194 valence electrons. The molecule has 2 amide bonds. The molecule has 5 N–H and O–H groups in total. The van der Waals surface area contributed by atoms with Gasteiger partial charge in [-0.15, -0.1) is 0 Å². The third-order valence-corrected chi connectivity index (χ3v) is 5.62. The van der Waals surface area contributed by atoms with Crippen molar-refractivity contribution in [3.05, 3.63) is 70.9 Å². The predicted molar refractivity (Wildman–Crippen MR) is 146 cm³/mol. The number of aromatic nitrogens is 1. The van der Waals surface area contributed by atoms with Gasteiger partial charge in [0.25, 0.3) is 11.8 Å². The standard InChI is InChI=1S/C26H29ClN6O4/c1-16(29)33(2)18-6-8-20(23(13-18)37-12-4-11-28)25(34)31-22-9-7-19(36-3)14-21(22)26(35)32-24-10-5-17(27)15-30-24/h5-10,13-15,29H,4,11-12,28H2,1-3H3,(H,31,34)(H,30,32,35). The molecule has 3 aromatic rings.